The van der Waals surface area contributed by atoms with Crippen molar-refractivity contribution in [2.45, 2.75) is 264 Å². The van der Waals surface area contributed by atoms with Crippen molar-refractivity contribution in [2.24, 2.45) is 22.9 Å². The van der Waals surface area contributed by atoms with Gasteiger partial charge in [0.25, 0.3) is 0 Å². The summed E-state index contributed by atoms with van der Waals surface area (Å²) in [5.74, 6) is 0.0110. The molecular weight excluding hydrogens is 805 g/mol. The lowest BCUT2D eigenvalue weighted by Crippen LogP contribution is -2.51. The van der Waals surface area contributed by atoms with E-state index in [1.165, 1.54) is 193 Å². The number of nitrogens with two attached hydrogens (primary N) is 4. The van der Waals surface area contributed by atoms with Crippen molar-refractivity contribution in [3.63, 3.8) is 0 Å². The molecule has 9 N–H and O–H groups in total. The van der Waals surface area contributed by atoms with E-state index in [0.717, 1.165) is 97.2 Å². The summed E-state index contributed by atoms with van der Waals surface area (Å²) in [5, 5.41) is 3.13. The Hall–Kier alpha value is -1.30. The first-order valence-electron chi connectivity index (χ1n) is 28.8. The third kappa shape index (κ3) is 42.5. The van der Waals surface area contributed by atoms with Gasteiger partial charge in [-0.25, -0.2) is 0 Å². The molecule has 0 aromatic carbocycles. The molecule has 0 heterocycles. The fourth-order valence-electron chi connectivity index (χ4n) is 9.42. The van der Waals surface area contributed by atoms with E-state index in [1.54, 1.807) is 0 Å². The van der Waals surface area contributed by atoms with Crippen LogP contribution >= 0.6 is 0 Å². The van der Waals surface area contributed by atoms with Crippen molar-refractivity contribution < 1.29 is 9.59 Å². The Labute approximate surface area is 405 Å². The Morgan fingerprint density at radius 2 is 0.662 bits per heavy atom. The second kappa shape index (κ2) is 52.1. The molecule has 0 bridgehead atoms. The summed E-state index contributed by atoms with van der Waals surface area (Å²) >= 11 is 0. The van der Waals surface area contributed by atoms with E-state index in [0.29, 0.717) is 26.2 Å². The first-order chi connectivity index (χ1) is 32.0. The molecular formula is C55H116N8O2. The van der Waals surface area contributed by atoms with Gasteiger partial charge in [0.15, 0.2) is 0 Å². The highest BCUT2D eigenvalue weighted by Crippen LogP contribution is 2.17. The third-order valence-corrected chi connectivity index (χ3v) is 13.7. The van der Waals surface area contributed by atoms with Crippen LogP contribution in [0.1, 0.15) is 258 Å². The molecule has 10 heteroatoms. The second-order valence-corrected chi connectivity index (χ2v) is 19.8. The van der Waals surface area contributed by atoms with Crippen molar-refractivity contribution in [1.29, 1.82) is 0 Å². The Kier molecular flexibility index (Phi) is 51.0. The molecule has 0 aliphatic rings. The Bertz CT molecular complexity index is 922. The molecule has 0 saturated carbocycles. The summed E-state index contributed by atoms with van der Waals surface area (Å²) in [6.07, 6.45) is 48.0. The van der Waals surface area contributed by atoms with Crippen molar-refractivity contribution in [2.75, 3.05) is 78.5 Å². The normalized spacial score (nSPS) is 12.2. The average molecular weight is 922 g/mol. The first-order valence-corrected chi connectivity index (χ1v) is 28.8. The highest BCUT2D eigenvalue weighted by atomic mass is 16.2. The molecule has 0 saturated heterocycles. The molecule has 2 amide bonds. The number of rotatable bonds is 54. The lowest BCUT2D eigenvalue weighted by molar-refractivity contribution is -0.134. The first kappa shape index (κ1) is 63.7. The van der Waals surface area contributed by atoms with Gasteiger partial charge in [0.1, 0.15) is 0 Å². The molecule has 1 atom stereocenters. The van der Waals surface area contributed by atoms with Crippen molar-refractivity contribution in [3.8, 4) is 0 Å². The zero-order valence-corrected chi connectivity index (χ0v) is 43.9. The number of amides is 2. The molecule has 0 aromatic heterocycles. The van der Waals surface area contributed by atoms with Gasteiger partial charge in [-0.15, -0.1) is 0 Å². The summed E-state index contributed by atoms with van der Waals surface area (Å²) in [4.78, 5) is 34.7. The molecule has 0 aliphatic carbocycles. The van der Waals surface area contributed by atoms with E-state index in [1.807, 2.05) is 0 Å². The summed E-state index contributed by atoms with van der Waals surface area (Å²) < 4.78 is 0. The number of carbonyl (C=O) groups excluding carboxylic acids is 2. The van der Waals surface area contributed by atoms with Crippen molar-refractivity contribution in [3.05, 3.63) is 0 Å². The standard InChI is InChI=1S/C55H116N8O2/c1-3-5-7-9-11-13-15-17-19-21-23-25-27-29-31-33-48-63(49-34-32-30-28-26-24-22-20-18-16-14-12-10-8-6-4-2)54(64)52-60-55(65)53(62(50-38-43-58)51-39-44-59)40-35-45-61(46-36-41-56)47-37-42-57/h53H,3-52,56-59H2,1-2H3,(H,60,65)/t53-/m0/s1. The third-order valence-electron chi connectivity index (χ3n) is 13.7. The van der Waals surface area contributed by atoms with Gasteiger partial charge in [0, 0.05) is 26.2 Å². The van der Waals surface area contributed by atoms with E-state index < -0.39 is 0 Å². The SMILES string of the molecule is CCCCCCCCCCCCCCCCCCN(CCCCCCCCCCCCCCCCCC)C(=O)CNC(=O)[C@H](CCCN(CCCN)CCCN)N(CCCN)CCCN. The number of nitrogens with one attached hydrogen (secondary N) is 1. The Morgan fingerprint density at radius 3 is 0.985 bits per heavy atom. The molecule has 0 rings (SSSR count). The van der Waals surface area contributed by atoms with Gasteiger partial charge < -0.3 is 38.1 Å². The van der Waals surface area contributed by atoms with Gasteiger partial charge in [-0.3, -0.25) is 14.5 Å². The largest absolute Gasteiger partial charge is 0.346 e. The Morgan fingerprint density at radius 1 is 0.369 bits per heavy atom. The predicted octanol–water partition coefficient (Wildman–Crippen LogP) is 11.6. The molecule has 0 spiro atoms. The van der Waals surface area contributed by atoms with Crippen LogP contribution in [-0.4, -0.2) is 111 Å². The van der Waals surface area contributed by atoms with Crippen molar-refractivity contribution in [1.82, 2.24) is 20.0 Å². The van der Waals surface area contributed by atoms with Crippen LogP contribution in [-0.2, 0) is 9.59 Å². The summed E-state index contributed by atoms with van der Waals surface area (Å²) in [6.45, 7) is 13.0. The maximum Gasteiger partial charge on any atom is 0.241 e. The van der Waals surface area contributed by atoms with E-state index in [2.05, 4.69) is 33.9 Å². The molecule has 388 valence electrons. The van der Waals surface area contributed by atoms with E-state index >= 15 is 0 Å². The van der Waals surface area contributed by atoms with Crippen molar-refractivity contribution >= 4 is 11.8 Å². The number of nitrogens with zero attached hydrogens (tertiary/aromatic N) is 3. The number of carbonyl (C=O) groups is 2. The molecule has 10 nitrogen and oxygen atoms in total. The quantitative estimate of drug-likeness (QED) is 0.0377. The molecule has 65 heavy (non-hydrogen) atoms. The zero-order valence-electron chi connectivity index (χ0n) is 43.9. The van der Waals surface area contributed by atoms with Gasteiger partial charge in [0.2, 0.25) is 11.8 Å². The second-order valence-electron chi connectivity index (χ2n) is 19.8. The van der Waals surface area contributed by atoms with Crippen LogP contribution in [0.2, 0.25) is 0 Å². The van der Waals surface area contributed by atoms with Crippen LogP contribution in [0.25, 0.3) is 0 Å². The van der Waals surface area contributed by atoms with Crippen LogP contribution in [0.4, 0.5) is 0 Å². The molecule has 0 radical (unpaired) electrons. The summed E-state index contributed by atoms with van der Waals surface area (Å²) in [6, 6.07) is -0.319. The summed E-state index contributed by atoms with van der Waals surface area (Å²) in [7, 11) is 0. The van der Waals surface area contributed by atoms with Crippen LogP contribution in [0.15, 0.2) is 0 Å². The minimum absolute atomic E-state index is 0.0485. The van der Waals surface area contributed by atoms with Gasteiger partial charge in [0.05, 0.1) is 12.6 Å². The van der Waals surface area contributed by atoms with Gasteiger partial charge in [-0.2, -0.15) is 0 Å². The summed E-state index contributed by atoms with van der Waals surface area (Å²) in [5.41, 5.74) is 23.6. The minimum atomic E-state index is -0.319. The number of unbranched alkanes of at least 4 members (excludes halogenated alkanes) is 30. The molecule has 0 fully saturated rings. The highest BCUT2D eigenvalue weighted by Gasteiger charge is 2.26. The monoisotopic (exact) mass is 921 g/mol. The highest BCUT2D eigenvalue weighted by molar-refractivity contribution is 5.87. The fourth-order valence-corrected chi connectivity index (χ4v) is 9.42. The van der Waals surface area contributed by atoms with Gasteiger partial charge in [-0.05, 0) is 97.2 Å². The van der Waals surface area contributed by atoms with E-state index in [9.17, 15) is 9.59 Å². The lowest BCUT2D eigenvalue weighted by atomic mass is 10.0. The Balaban J connectivity index is 5.10. The number of hydrogen-bond acceptors (Lipinski definition) is 8. The average Bonchev–Trinajstić information content (AvgIpc) is 3.31. The van der Waals surface area contributed by atoms with Gasteiger partial charge in [-0.1, -0.05) is 206 Å². The predicted molar refractivity (Wildman–Crippen MR) is 284 cm³/mol. The molecule has 0 aliphatic heterocycles. The molecule has 0 unspecified atom stereocenters. The van der Waals surface area contributed by atoms with Crippen LogP contribution in [0, 0.1) is 0 Å². The van der Waals surface area contributed by atoms with Crippen LogP contribution < -0.4 is 28.3 Å². The smallest absolute Gasteiger partial charge is 0.241 e. The maximum absolute atomic E-state index is 14.1. The van der Waals surface area contributed by atoms with Crippen LogP contribution in [0.5, 0.6) is 0 Å². The van der Waals surface area contributed by atoms with Gasteiger partial charge >= 0.3 is 0 Å². The van der Waals surface area contributed by atoms with E-state index in [4.69, 9.17) is 22.9 Å². The topological polar surface area (TPSA) is 160 Å². The zero-order chi connectivity index (χ0) is 47.5. The number of hydrogen-bond donors (Lipinski definition) is 5. The maximum atomic E-state index is 14.1. The molecule has 0 aromatic rings. The lowest BCUT2D eigenvalue weighted by Gasteiger charge is -2.32. The van der Waals surface area contributed by atoms with E-state index in [-0.39, 0.29) is 24.4 Å². The fraction of sp³-hybridized carbons (Fsp3) is 0.964. The van der Waals surface area contributed by atoms with Crippen LogP contribution in [0.3, 0.4) is 0 Å². The minimum Gasteiger partial charge on any atom is -0.346 e.